The Hall–Kier alpha value is -4.17. The minimum atomic E-state index is -0.552. The molecular formula is C23H16ClN3O5. The number of para-hydroxylation sites is 1. The Kier molecular flexibility index (Phi) is 5.87. The summed E-state index contributed by atoms with van der Waals surface area (Å²) in [4.78, 5) is 35.8. The standard InChI is InChI=1S/C23H16ClN3O5/c24-17-9-10-21(32-14-15-5-4-8-19(11-15)27(30)31)16(12-17)13-20-22(28)25-26(23(20)29)18-6-2-1-3-7-18/h1-13H,14H2,(H,25,28)/b20-13-. The first-order valence-corrected chi connectivity index (χ1v) is 9.88. The zero-order valence-electron chi connectivity index (χ0n) is 16.5. The van der Waals surface area contributed by atoms with Gasteiger partial charge in [0.05, 0.1) is 10.6 Å². The van der Waals surface area contributed by atoms with Crippen LogP contribution < -0.4 is 15.2 Å². The molecule has 0 atom stereocenters. The zero-order chi connectivity index (χ0) is 22.7. The topological polar surface area (TPSA) is 102 Å². The molecule has 0 radical (unpaired) electrons. The predicted molar refractivity (Wildman–Crippen MR) is 119 cm³/mol. The summed E-state index contributed by atoms with van der Waals surface area (Å²) in [5.74, 6) is -0.693. The van der Waals surface area contributed by atoms with E-state index in [-0.39, 0.29) is 17.9 Å². The van der Waals surface area contributed by atoms with E-state index >= 15 is 0 Å². The average Bonchev–Trinajstić information content (AvgIpc) is 3.07. The number of non-ortho nitro benzene ring substituents is 1. The summed E-state index contributed by atoms with van der Waals surface area (Å²) in [6, 6.07) is 19.6. The summed E-state index contributed by atoms with van der Waals surface area (Å²) in [6.07, 6.45) is 1.41. The number of carbonyl (C=O) groups is 2. The molecule has 1 aliphatic heterocycles. The average molecular weight is 450 g/mol. The third kappa shape index (κ3) is 4.45. The Morgan fingerprint density at radius 1 is 1.03 bits per heavy atom. The number of nitro benzene ring substituents is 1. The van der Waals surface area contributed by atoms with Gasteiger partial charge in [-0.05, 0) is 42.0 Å². The Morgan fingerprint density at radius 3 is 2.56 bits per heavy atom. The molecule has 3 aromatic rings. The SMILES string of the molecule is O=C1NN(c2ccccc2)C(=O)/C1=C\c1cc(Cl)ccc1OCc1cccc([N+](=O)[O-])c1. The van der Waals surface area contributed by atoms with Crippen LogP contribution in [-0.4, -0.2) is 16.7 Å². The normalized spacial score (nSPS) is 14.5. The van der Waals surface area contributed by atoms with Gasteiger partial charge in [0.1, 0.15) is 17.9 Å². The summed E-state index contributed by atoms with van der Waals surface area (Å²) in [5, 5.41) is 12.5. The van der Waals surface area contributed by atoms with Crippen LogP contribution in [0.1, 0.15) is 11.1 Å². The van der Waals surface area contributed by atoms with Gasteiger partial charge in [-0.1, -0.05) is 41.9 Å². The second-order valence-electron chi connectivity index (χ2n) is 6.87. The molecule has 3 aromatic carbocycles. The fourth-order valence-electron chi connectivity index (χ4n) is 3.16. The van der Waals surface area contributed by atoms with E-state index in [1.165, 1.54) is 23.2 Å². The first-order valence-electron chi connectivity index (χ1n) is 9.50. The van der Waals surface area contributed by atoms with Gasteiger partial charge in [0.15, 0.2) is 0 Å². The van der Waals surface area contributed by atoms with E-state index in [0.717, 1.165) is 0 Å². The molecule has 1 saturated heterocycles. The highest BCUT2D eigenvalue weighted by Crippen LogP contribution is 2.29. The molecule has 0 aliphatic carbocycles. The minimum absolute atomic E-state index is 0.0428. The second-order valence-corrected chi connectivity index (χ2v) is 7.31. The molecular weight excluding hydrogens is 434 g/mol. The largest absolute Gasteiger partial charge is 0.488 e. The highest BCUT2D eigenvalue weighted by Gasteiger charge is 2.34. The molecule has 8 nitrogen and oxygen atoms in total. The van der Waals surface area contributed by atoms with E-state index in [2.05, 4.69) is 5.43 Å². The van der Waals surface area contributed by atoms with Crippen LogP contribution in [0.2, 0.25) is 5.02 Å². The van der Waals surface area contributed by atoms with E-state index in [0.29, 0.717) is 27.6 Å². The van der Waals surface area contributed by atoms with Crippen molar-refractivity contribution in [1.82, 2.24) is 5.43 Å². The van der Waals surface area contributed by atoms with Crippen LogP contribution in [0, 0.1) is 10.1 Å². The van der Waals surface area contributed by atoms with Crippen LogP contribution >= 0.6 is 11.6 Å². The number of ether oxygens (including phenoxy) is 1. The molecule has 2 amide bonds. The van der Waals surface area contributed by atoms with Crippen LogP contribution in [0.15, 0.2) is 78.4 Å². The number of nitro groups is 1. The monoisotopic (exact) mass is 449 g/mol. The summed E-state index contributed by atoms with van der Waals surface area (Å²) in [6.45, 7) is 0.0514. The van der Waals surface area contributed by atoms with Crippen molar-refractivity contribution in [3.63, 3.8) is 0 Å². The number of nitrogens with zero attached hydrogens (tertiary/aromatic N) is 2. The predicted octanol–water partition coefficient (Wildman–Crippen LogP) is 4.29. The smallest absolute Gasteiger partial charge is 0.282 e. The lowest BCUT2D eigenvalue weighted by Gasteiger charge is -2.14. The van der Waals surface area contributed by atoms with Crippen molar-refractivity contribution in [3.8, 4) is 5.75 Å². The first kappa shape index (κ1) is 21.1. The molecule has 0 aromatic heterocycles. The number of hydrazine groups is 1. The molecule has 0 spiro atoms. The lowest BCUT2D eigenvalue weighted by Crippen LogP contribution is -2.35. The van der Waals surface area contributed by atoms with E-state index in [9.17, 15) is 19.7 Å². The van der Waals surface area contributed by atoms with Crippen molar-refractivity contribution < 1.29 is 19.2 Å². The number of anilines is 1. The maximum atomic E-state index is 12.8. The van der Waals surface area contributed by atoms with E-state index in [1.54, 1.807) is 60.7 Å². The van der Waals surface area contributed by atoms with Crippen molar-refractivity contribution >= 4 is 40.9 Å². The molecule has 160 valence electrons. The number of benzene rings is 3. The van der Waals surface area contributed by atoms with Gasteiger partial charge >= 0.3 is 0 Å². The Bertz CT molecular complexity index is 1240. The number of hydrogen-bond acceptors (Lipinski definition) is 5. The van der Waals surface area contributed by atoms with Crippen molar-refractivity contribution in [1.29, 1.82) is 0 Å². The molecule has 0 bridgehead atoms. The first-order chi connectivity index (χ1) is 15.4. The zero-order valence-corrected chi connectivity index (χ0v) is 17.3. The maximum absolute atomic E-state index is 12.8. The van der Waals surface area contributed by atoms with Crippen molar-refractivity contribution in [2.24, 2.45) is 0 Å². The quantitative estimate of drug-likeness (QED) is 0.262. The van der Waals surface area contributed by atoms with Crippen LogP contribution in [0.25, 0.3) is 6.08 Å². The van der Waals surface area contributed by atoms with Gasteiger partial charge in [0.25, 0.3) is 17.5 Å². The van der Waals surface area contributed by atoms with Crippen LogP contribution in [0.4, 0.5) is 11.4 Å². The molecule has 32 heavy (non-hydrogen) atoms. The maximum Gasteiger partial charge on any atom is 0.282 e. The van der Waals surface area contributed by atoms with Gasteiger partial charge in [-0.15, -0.1) is 0 Å². The van der Waals surface area contributed by atoms with Crippen molar-refractivity contribution in [2.75, 3.05) is 5.01 Å². The lowest BCUT2D eigenvalue weighted by molar-refractivity contribution is -0.384. The molecule has 4 rings (SSSR count). The molecule has 1 fully saturated rings. The van der Waals surface area contributed by atoms with Crippen molar-refractivity contribution in [2.45, 2.75) is 6.61 Å². The Morgan fingerprint density at radius 2 is 1.81 bits per heavy atom. The number of carbonyl (C=O) groups excluding carboxylic acids is 2. The molecule has 1 N–H and O–H groups in total. The third-order valence-electron chi connectivity index (χ3n) is 4.69. The van der Waals surface area contributed by atoms with E-state index in [1.807, 2.05) is 0 Å². The molecule has 9 heteroatoms. The van der Waals surface area contributed by atoms with Gasteiger partial charge in [-0.2, -0.15) is 0 Å². The third-order valence-corrected chi connectivity index (χ3v) is 4.93. The Labute approximate surface area is 187 Å². The van der Waals surface area contributed by atoms with Gasteiger partial charge in [0, 0.05) is 22.7 Å². The summed E-state index contributed by atoms with van der Waals surface area (Å²) >= 11 is 6.12. The summed E-state index contributed by atoms with van der Waals surface area (Å²) in [5.41, 5.74) is 3.97. The number of amides is 2. The molecule has 0 unspecified atom stereocenters. The van der Waals surface area contributed by atoms with Crippen LogP contribution in [-0.2, 0) is 16.2 Å². The summed E-state index contributed by atoms with van der Waals surface area (Å²) < 4.78 is 5.82. The fourth-order valence-corrected chi connectivity index (χ4v) is 3.34. The highest BCUT2D eigenvalue weighted by molar-refractivity contribution is 6.32. The van der Waals surface area contributed by atoms with E-state index in [4.69, 9.17) is 16.3 Å². The molecule has 0 saturated carbocycles. The number of nitrogens with one attached hydrogen (secondary N) is 1. The van der Waals surface area contributed by atoms with Gasteiger partial charge in [-0.25, -0.2) is 5.01 Å². The molecule has 1 heterocycles. The number of hydrogen-bond donors (Lipinski definition) is 1. The van der Waals surface area contributed by atoms with Gasteiger partial charge < -0.3 is 4.74 Å². The lowest BCUT2D eigenvalue weighted by atomic mass is 10.1. The fraction of sp³-hybridized carbons (Fsp3) is 0.0435. The van der Waals surface area contributed by atoms with Crippen LogP contribution in [0.5, 0.6) is 5.75 Å². The van der Waals surface area contributed by atoms with Crippen LogP contribution in [0.3, 0.4) is 0 Å². The molecule has 1 aliphatic rings. The number of halogens is 1. The van der Waals surface area contributed by atoms with Gasteiger partial charge in [-0.3, -0.25) is 25.1 Å². The van der Waals surface area contributed by atoms with Crippen molar-refractivity contribution in [3.05, 3.63) is 105 Å². The Balaban J connectivity index is 1.60. The van der Waals surface area contributed by atoms with E-state index < -0.39 is 16.7 Å². The second kappa shape index (κ2) is 8.91. The van der Waals surface area contributed by atoms with Gasteiger partial charge in [0.2, 0.25) is 0 Å². The summed E-state index contributed by atoms with van der Waals surface area (Å²) in [7, 11) is 0. The number of rotatable bonds is 6. The minimum Gasteiger partial charge on any atom is -0.488 e. The highest BCUT2D eigenvalue weighted by atomic mass is 35.5.